The third-order valence-corrected chi connectivity index (χ3v) is 10.1. The van der Waals surface area contributed by atoms with Gasteiger partial charge in [0.05, 0.1) is 41.8 Å². The number of likely N-dealkylation sites (tertiary alicyclic amines) is 2. The summed E-state index contributed by atoms with van der Waals surface area (Å²) in [5, 5.41) is 0.963. The van der Waals surface area contributed by atoms with Crippen molar-refractivity contribution in [2.45, 2.75) is 25.8 Å². The van der Waals surface area contributed by atoms with Crippen LogP contribution in [0.15, 0.2) is 48.7 Å². The Balaban J connectivity index is 1.20. The summed E-state index contributed by atoms with van der Waals surface area (Å²) in [5.41, 5.74) is 6.80. The maximum Gasteiger partial charge on any atom is 0.243 e. The Morgan fingerprint density at radius 2 is 1.51 bits per heavy atom. The molecule has 0 N–H and O–H groups in total. The number of aryl methyl sites for hydroxylation is 1. The molecule has 0 radical (unpaired) electrons. The zero-order valence-corrected chi connectivity index (χ0v) is 26.7. The molecule has 2 aromatic carbocycles. The minimum absolute atomic E-state index is 0.112. The van der Waals surface area contributed by atoms with Gasteiger partial charge in [0.2, 0.25) is 17.7 Å². The highest BCUT2D eigenvalue weighted by molar-refractivity contribution is 6.39. The predicted molar refractivity (Wildman–Crippen MR) is 172 cm³/mol. The summed E-state index contributed by atoms with van der Waals surface area (Å²) in [6.45, 7) is 5.31. The smallest absolute Gasteiger partial charge is 0.243 e. The molecule has 4 aromatic rings. The van der Waals surface area contributed by atoms with Crippen LogP contribution in [0.5, 0.6) is 11.8 Å². The first-order valence-electron chi connectivity index (χ1n) is 14.8. The summed E-state index contributed by atoms with van der Waals surface area (Å²) >= 11 is 14.1. The van der Waals surface area contributed by atoms with Gasteiger partial charge in [-0.05, 0) is 24.5 Å². The SMILES string of the molecule is COc1nc(-c2cccc(-c3cccc(-c4cc5c(c(OC)n4)[C@@H](N4CC6(CN(C(C)=O)C6)C4)CC5)c3Cl)c2Cl)cnc1C=O. The van der Waals surface area contributed by atoms with Crippen molar-refractivity contribution < 1.29 is 19.1 Å². The fourth-order valence-corrected chi connectivity index (χ4v) is 7.73. The van der Waals surface area contributed by atoms with Gasteiger partial charge < -0.3 is 14.4 Å². The van der Waals surface area contributed by atoms with Crippen LogP contribution in [0, 0.1) is 5.41 Å². The summed E-state index contributed by atoms with van der Waals surface area (Å²) in [5.74, 6) is 0.901. The van der Waals surface area contributed by atoms with E-state index in [9.17, 15) is 9.59 Å². The van der Waals surface area contributed by atoms with Crippen molar-refractivity contribution in [2.24, 2.45) is 5.41 Å². The average molecular weight is 645 g/mol. The maximum atomic E-state index is 11.7. The highest BCUT2D eigenvalue weighted by atomic mass is 35.5. The van der Waals surface area contributed by atoms with Crippen molar-refractivity contribution in [1.29, 1.82) is 0 Å². The van der Waals surface area contributed by atoms with E-state index in [1.807, 2.05) is 41.3 Å². The van der Waals surface area contributed by atoms with Gasteiger partial charge in [0.15, 0.2) is 12.0 Å². The predicted octanol–water partition coefficient (Wildman–Crippen LogP) is 6.16. The third kappa shape index (κ3) is 4.94. The van der Waals surface area contributed by atoms with Crippen molar-refractivity contribution in [3.8, 4) is 45.4 Å². The first-order valence-corrected chi connectivity index (χ1v) is 15.5. The Kier molecular flexibility index (Phi) is 7.50. The fourth-order valence-electron chi connectivity index (χ4n) is 7.08. The zero-order chi connectivity index (χ0) is 31.5. The van der Waals surface area contributed by atoms with E-state index >= 15 is 0 Å². The Bertz CT molecular complexity index is 1850. The van der Waals surface area contributed by atoms with Gasteiger partial charge in [-0.25, -0.2) is 15.0 Å². The minimum Gasteiger partial charge on any atom is -0.481 e. The number of fused-ring (bicyclic) bond motifs is 1. The molecular formula is C34H31Cl2N5O4. The highest BCUT2D eigenvalue weighted by Crippen LogP contribution is 2.50. The van der Waals surface area contributed by atoms with E-state index in [1.54, 1.807) is 14.0 Å². The number of aldehydes is 1. The van der Waals surface area contributed by atoms with E-state index in [0.717, 1.165) is 67.0 Å². The lowest BCUT2D eigenvalue weighted by atomic mass is 9.72. The second kappa shape index (κ2) is 11.4. The topological polar surface area (TPSA) is 97.8 Å². The van der Waals surface area contributed by atoms with Gasteiger partial charge in [-0.15, -0.1) is 0 Å². The number of hydrogen-bond acceptors (Lipinski definition) is 8. The summed E-state index contributed by atoms with van der Waals surface area (Å²) < 4.78 is 11.1. The van der Waals surface area contributed by atoms with Crippen molar-refractivity contribution in [3.63, 3.8) is 0 Å². The lowest BCUT2D eigenvalue weighted by molar-refractivity contribution is -0.161. The quantitative estimate of drug-likeness (QED) is 0.221. The van der Waals surface area contributed by atoms with Crippen LogP contribution in [0.2, 0.25) is 10.0 Å². The van der Waals surface area contributed by atoms with E-state index in [-0.39, 0.29) is 28.9 Å². The molecule has 0 saturated carbocycles. The number of halogens is 2. The van der Waals surface area contributed by atoms with Crippen LogP contribution >= 0.6 is 23.2 Å². The lowest BCUT2D eigenvalue weighted by Gasteiger charge is -2.61. The standard InChI is InChI=1S/C34H31Cl2N5O4/c1-19(43)40-15-34(16-40)17-41(18-34)28-11-10-20-12-25(38-33(45-3)29(20)28)23-8-4-6-21(30(23)35)22-7-5-9-24(31(22)36)26-13-37-27(14-42)32(39-26)44-2/h4-9,12-14,28H,10-11,15-18H2,1-3H3/t28-/m0/s1. The molecule has 230 valence electrons. The normalized spacial score (nSPS) is 18.2. The number of aromatic nitrogens is 3. The fraction of sp³-hybridized carbons (Fsp3) is 0.324. The number of carbonyl (C=O) groups is 2. The van der Waals surface area contributed by atoms with Gasteiger partial charge in [-0.3, -0.25) is 14.5 Å². The van der Waals surface area contributed by atoms with Crippen LogP contribution in [0.1, 0.15) is 41.0 Å². The number of rotatable bonds is 7. The Morgan fingerprint density at radius 1 is 0.911 bits per heavy atom. The number of carbonyl (C=O) groups excluding carboxylic acids is 2. The number of nitrogens with zero attached hydrogens (tertiary/aromatic N) is 5. The molecule has 0 unspecified atom stereocenters. The number of pyridine rings is 1. The van der Waals surface area contributed by atoms with Gasteiger partial charge >= 0.3 is 0 Å². The van der Waals surface area contributed by atoms with Gasteiger partial charge in [-0.2, -0.15) is 0 Å². The summed E-state index contributed by atoms with van der Waals surface area (Å²) in [7, 11) is 3.10. The van der Waals surface area contributed by atoms with Crippen LogP contribution in [-0.4, -0.2) is 77.3 Å². The van der Waals surface area contributed by atoms with Gasteiger partial charge in [-0.1, -0.05) is 59.6 Å². The Labute approximate surface area is 271 Å². The molecule has 1 spiro atoms. The van der Waals surface area contributed by atoms with Crippen molar-refractivity contribution in [3.05, 3.63) is 75.5 Å². The number of amides is 1. The third-order valence-electron chi connectivity index (χ3n) is 9.25. The van der Waals surface area contributed by atoms with Crippen LogP contribution < -0.4 is 9.47 Å². The summed E-state index contributed by atoms with van der Waals surface area (Å²) in [6.07, 6.45) is 4.02. The first kappa shape index (κ1) is 29.6. The lowest BCUT2D eigenvalue weighted by Crippen LogP contribution is -2.72. The van der Waals surface area contributed by atoms with E-state index in [4.69, 9.17) is 37.7 Å². The molecule has 0 bridgehead atoms. The molecule has 1 atom stereocenters. The second-order valence-electron chi connectivity index (χ2n) is 12.0. The van der Waals surface area contributed by atoms with Crippen LogP contribution in [-0.2, 0) is 11.2 Å². The molecule has 11 heteroatoms. The van der Waals surface area contributed by atoms with E-state index in [0.29, 0.717) is 33.5 Å². The largest absolute Gasteiger partial charge is 0.481 e. The van der Waals surface area contributed by atoms with E-state index < -0.39 is 0 Å². The van der Waals surface area contributed by atoms with Crippen molar-refractivity contribution in [2.75, 3.05) is 40.4 Å². The molecule has 45 heavy (non-hydrogen) atoms. The van der Waals surface area contributed by atoms with Crippen LogP contribution in [0.25, 0.3) is 33.6 Å². The molecule has 1 aliphatic carbocycles. The van der Waals surface area contributed by atoms with E-state index in [1.165, 1.54) is 18.9 Å². The maximum absolute atomic E-state index is 11.7. The molecule has 7 rings (SSSR count). The van der Waals surface area contributed by atoms with Crippen molar-refractivity contribution >= 4 is 35.4 Å². The number of methoxy groups -OCH3 is 2. The molecule has 2 fully saturated rings. The summed E-state index contributed by atoms with van der Waals surface area (Å²) in [6, 6.07) is 13.8. The van der Waals surface area contributed by atoms with E-state index in [2.05, 4.69) is 20.9 Å². The Hall–Kier alpha value is -4.05. The van der Waals surface area contributed by atoms with Crippen LogP contribution in [0.3, 0.4) is 0 Å². The monoisotopic (exact) mass is 643 g/mol. The number of benzene rings is 2. The number of ether oxygens (including phenoxy) is 2. The molecule has 9 nitrogen and oxygen atoms in total. The Morgan fingerprint density at radius 3 is 2.11 bits per heavy atom. The second-order valence-corrected chi connectivity index (χ2v) is 12.8. The van der Waals surface area contributed by atoms with Crippen molar-refractivity contribution in [1.82, 2.24) is 24.8 Å². The molecule has 3 aliphatic rings. The summed E-state index contributed by atoms with van der Waals surface area (Å²) in [4.78, 5) is 41.0. The molecular weight excluding hydrogens is 613 g/mol. The average Bonchev–Trinajstić information content (AvgIpc) is 3.43. The molecule has 2 saturated heterocycles. The zero-order valence-electron chi connectivity index (χ0n) is 25.1. The van der Waals surface area contributed by atoms with Gasteiger partial charge in [0.25, 0.3) is 0 Å². The number of hydrogen-bond donors (Lipinski definition) is 0. The molecule has 1 amide bonds. The molecule has 2 aliphatic heterocycles. The molecule has 4 heterocycles. The highest BCUT2D eigenvalue weighted by Gasteiger charge is 2.54. The van der Waals surface area contributed by atoms with Gasteiger partial charge in [0, 0.05) is 72.4 Å². The first-order chi connectivity index (χ1) is 21.8. The van der Waals surface area contributed by atoms with Gasteiger partial charge in [0.1, 0.15) is 0 Å². The molecule has 2 aromatic heterocycles. The minimum atomic E-state index is 0.112. The van der Waals surface area contributed by atoms with Crippen LogP contribution in [0.4, 0.5) is 0 Å².